The van der Waals surface area contributed by atoms with Crippen LogP contribution in [0.2, 0.25) is 0 Å². The summed E-state index contributed by atoms with van der Waals surface area (Å²) >= 11 is 0. The first-order valence-electron chi connectivity index (χ1n) is 6.19. The van der Waals surface area contributed by atoms with Gasteiger partial charge in [-0.3, -0.25) is 0 Å². The Morgan fingerprint density at radius 3 is 2.28 bits per heavy atom. The highest BCUT2D eigenvalue weighted by molar-refractivity contribution is 5.52. The van der Waals surface area contributed by atoms with Gasteiger partial charge in [-0.2, -0.15) is 0 Å². The second kappa shape index (κ2) is 5.69. The van der Waals surface area contributed by atoms with E-state index in [-0.39, 0.29) is 6.61 Å². The molecule has 0 saturated carbocycles. The first-order valence-corrected chi connectivity index (χ1v) is 6.19. The smallest absolute Gasteiger partial charge is 0.0681 e. The summed E-state index contributed by atoms with van der Waals surface area (Å²) in [6.07, 6.45) is 0. The maximum absolute atomic E-state index is 8.99. The molecular formula is C16H19NO. The standard InChI is InChI=1S/C16H19NO/c1-12-3-4-13(2)16(9-12)17-10-14-5-7-15(11-18)8-6-14/h3-9,17-18H,10-11H2,1-2H3. The zero-order valence-corrected chi connectivity index (χ0v) is 10.9. The molecule has 2 rings (SSSR count). The number of nitrogens with one attached hydrogen (secondary N) is 1. The van der Waals surface area contributed by atoms with Crippen molar-refractivity contribution in [3.63, 3.8) is 0 Å². The van der Waals surface area contributed by atoms with Gasteiger partial charge in [0, 0.05) is 12.2 Å². The van der Waals surface area contributed by atoms with E-state index in [0.717, 1.165) is 12.1 Å². The maximum atomic E-state index is 8.99. The Morgan fingerprint density at radius 1 is 0.944 bits per heavy atom. The summed E-state index contributed by atoms with van der Waals surface area (Å²) in [6.45, 7) is 5.11. The van der Waals surface area contributed by atoms with E-state index in [9.17, 15) is 0 Å². The molecule has 0 aliphatic heterocycles. The molecule has 0 saturated heterocycles. The van der Waals surface area contributed by atoms with Gasteiger partial charge in [-0.05, 0) is 42.2 Å². The number of hydrogen-bond acceptors (Lipinski definition) is 2. The number of aryl methyl sites for hydroxylation is 2. The lowest BCUT2D eigenvalue weighted by molar-refractivity contribution is 0.282. The molecule has 2 aromatic carbocycles. The molecule has 0 atom stereocenters. The van der Waals surface area contributed by atoms with Gasteiger partial charge < -0.3 is 10.4 Å². The van der Waals surface area contributed by atoms with Gasteiger partial charge in [0.15, 0.2) is 0 Å². The van der Waals surface area contributed by atoms with Crippen LogP contribution in [-0.2, 0) is 13.2 Å². The molecule has 0 heterocycles. The molecule has 0 fully saturated rings. The van der Waals surface area contributed by atoms with Crippen molar-refractivity contribution >= 4 is 5.69 Å². The average Bonchev–Trinajstić information content (AvgIpc) is 2.40. The van der Waals surface area contributed by atoms with Crippen LogP contribution in [0.3, 0.4) is 0 Å². The third-order valence-electron chi connectivity index (χ3n) is 3.08. The Kier molecular flexibility index (Phi) is 4.00. The van der Waals surface area contributed by atoms with Crippen LogP contribution in [0.25, 0.3) is 0 Å². The lowest BCUT2D eigenvalue weighted by atomic mass is 10.1. The SMILES string of the molecule is Cc1ccc(C)c(NCc2ccc(CO)cc2)c1. The van der Waals surface area contributed by atoms with Gasteiger partial charge in [-0.15, -0.1) is 0 Å². The van der Waals surface area contributed by atoms with E-state index in [1.807, 2.05) is 24.3 Å². The number of benzene rings is 2. The lowest BCUT2D eigenvalue weighted by Crippen LogP contribution is -2.01. The van der Waals surface area contributed by atoms with E-state index >= 15 is 0 Å². The van der Waals surface area contributed by atoms with Crippen molar-refractivity contribution in [3.8, 4) is 0 Å². The number of rotatable bonds is 4. The van der Waals surface area contributed by atoms with Crippen LogP contribution >= 0.6 is 0 Å². The molecule has 94 valence electrons. The molecule has 0 bridgehead atoms. The number of aliphatic hydroxyl groups excluding tert-OH is 1. The van der Waals surface area contributed by atoms with Crippen LogP contribution in [-0.4, -0.2) is 5.11 Å². The lowest BCUT2D eigenvalue weighted by Gasteiger charge is -2.10. The van der Waals surface area contributed by atoms with Gasteiger partial charge >= 0.3 is 0 Å². The molecule has 2 nitrogen and oxygen atoms in total. The van der Waals surface area contributed by atoms with Crippen LogP contribution in [0.15, 0.2) is 42.5 Å². The summed E-state index contributed by atoms with van der Waals surface area (Å²) < 4.78 is 0. The van der Waals surface area contributed by atoms with E-state index in [1.165, 1.54) is 22.4 Å². The van der Waals surface area contributed by atoms with E-state index < -0.39 is 0 Å². The van der Waals surface area contributed by atoms with Gasteiger partial charge in [0.2, 0.25) is 0 Å². The van der Waals surface area contributed by atoms with Gasteiger partial charge in [-0.25, -0.2) is 0 Å². The molecule has 0 aliphatic carbocycles. The molecule has 0 aromatic heterocycles. The van der Waals surface area contributed by atoms with Crippen molar-refractivity contribution in [2.75, 3.05) is 5.32 Å². The van der Waals surface area contributed by atoms with Crippen LogP contribution in [0, 0.1) is 13.8 Å². The fourth-order valence-corrected chi connectivity index (χ4v) is 1.89. The van der Waals surface area contributed by atoms with Crippen molar-refractivity contribution in [2.24, 2.45) is 0 Å². The zero-order valence-electron chi connectivity index (χ0n) is 10.9. The number of aliphatic hydroxyl groups is 1. The summed E-state index contributed by atoms with van der Waals surface area (Å²) in [4.78, 5) is 0. The molecule has 2 aromatic rings. The van der Waals surface area contributed by atoms with Crippen LogP contribution in [0.1, 0.15) is 22.3 Å². The predicted octanol–water partition coefficient (Wildman–Crippen LogP) is 3.41. The highest BCUT2D eigenvalue weighted by Crippen LogP contribution is 2.17. The van der Waals surface area contributed by atoms with Crippen molar-refractivity contribution in [1.82, 2.24) is 0 Å². The van der Waals surface area contributed by atoms with E-state index in [2.05, 4.69) is 37.4 Å². The fourth-order valence-electron chi connectivity index (χ4n) is 1.89. The minimum Gasteiger partial charge on any atom is -0.392 e. The second-order valence-electron chi connectivity index (χ2n) is 4.65. The summed E-state index contributed by atoms with van der Waals surface area (Å²) in [5.74, 6) is 0. The number of anilines is 1. The van der Waals surface area contributed by atoms with E-state index in [0.29, 0.717) is 0 Å². The third kappa shape index (κ3) is 3.11. The van der Waals surface area contributed by atoms with Gasteiger partial charge in [0.05, 0.1) is 6.61 Å². The Morgan fingerprint density at radius 2 is 1.61 bits per heavy atom. The Bertz CT molecular complexity index is 517. The highest BCUT2D eigenvalue weighted by atomic mass is 16.3. The van der Waals surface area contributed by atoms with Gasteiger partial charge in [-0.1, -0.05) is 36.4 Å². The normalized spacial score (nSPS) is 10.4. The van der Waals surface area contributed by atoms with Crippen LogP contribution in [0.5, 0.6) is 0 Å². The topological polar surface area (TPSA) is 32.3 Å². The monoisotopic (exact) mass is 241 g/mol. The van der Waals surface area contributed by atoms with Crippen molar-refractivity contribution in [2.45, 2.75) is 27.0 Å². The second-order valence-corrected chi connectivity index (χ2v) is 4.65. The van der Waals surface area contributed by atoms with Crippen LogP contribution < -0.4 is 5.32 Å². The van der Waals surface area contributed by atoms with Gasteiger partial charge in [0.25, 0.3) is 0 Å². The number of hydrogen-bond donors (Lipinski definition) is 2. The van der Waals surface area contributed by atoms with Crippen LogP contribution in [0.4, 0.5) is 5.69 Å². The Hall–Kier alpha value is -1.80. The zero-order chi connectivity index (χ0) is 13.0. The molecule has 0 aliphatic rings. The minimum atomic E-state index is 0.102. The van der Waals surface area contributed by atoms with Crippen molar-refractivity contribution in [1.29, 1.82) is 0 Å². The molecule has 18 heavy (non-hydrogen) atoms. The molecule has 0 amide bonds. The molecule has 0 spiro atoms. The first kappa shape index (κ1) is 12.7. The Balaban J connectivity index is 2.04. The van der Waals surface area contributed by atoms with Gasteiger partial charge in [0.1, 0.15) is 0 Å². The molecular weight excluding hydrogens is 222 g/mol. The highest BCUT2D eigenvalue weighted by Gasteiger charge is 1.99. The van der Waals surface area contributed by atoms with E-state index in [1.54, 1.807) is 0 Å². The molecule has 0 unspecified atom stereocenters. The summed E-state index contributed by atoms with van der Waals surface area (Å²) in [6, 6.07) is 14.4. The Labute approximate surface area is 108 Å². The third-order valence-corrected chi connectivity index (χ3v) is 3.08. The minimum absolute atomic E-state index is 0.102. The summed E-state index contributed by atoms with van der Waals surface area (Å²) in [5, 5.41) is 12.4. The molecule has 2 heteroatoms. The molecule has 2 N–H and O–H groups in total. The maximum Gasteiger partial charge on any atom is 0.0681 e. The predicted molar refractivity (Wildman–Crippen MR) is 75.6 cm³/mol. The summed E-state index contributed by atoms with van der Waals surface area (Å²) in [7, 11) is 0. The largest absolute Gasteiger partial charge is 0.392 e. The molecule has 0 radical (unpaired) electrons. The van der Waals surface area contributed by atoms with Crippen molar-refractivity contribution < 1.29 is 5.11 Å². The quantitative estimate of drug-likeness (QED) is 0.859. The summed E-state index contributed by atoms with van der Waals surface area (Å²) in [5.41, 5.74) is 5.87. The fraction of sp³-hybridized carbons (Fsp3) is 0.250. The van der Waals surface area contributed by atoms with E-state index in [4.69, 9.17) is 5.11 Å². The average molecular weight is 241 g/mol. The first-order chi connectivity index (χ1) is 8.69. The van der Waals surface area contributed by atoms with Crippen molar-refractivity contribution in [3.05, 3.63) is 64.7 Å².